The number of nitro groups is 1. The monoisotopic (exact) mass is 413 g/mol. The van der Waals surface area contributed by atoms with Crippen molar-refractivity contribution < 1.29 is 9.31 Å². The number of nitrogens with two attached hydrogens (primary N) is 1. The van der Waals surface area contributed by atoms with Crippen LogP contribution in [0.2, 0.25) is 5.02 Å². The van der Waals surface area contributed by atoms with Gasteiger partial charge in [-0.15, -0.1) is 0 Å². The van der Waals surface area contributed by atoms with Gasteiger partial charge in [0.2, 0.25) is 0 Å². The Bertz CT molecular complexity index is 1210. The van der Waals surface area contributed by atoms with Crippen molar-refractivity contribution in [3.63, 3.8) is 0 Å². The molecule has 0 saturated heterocycles. The quantitative estimate of drug-likeness (QED) is 0.336. The van der Waals surface area contributed by atoms with Crippen LogP contribution in [0.1, 0.15) is 11.1 Å². The lowest BCUT2D eigenvalue weighted by Gasteiger charge is -2.11. The van der Waals surface area contributed by atoms with Crippen LogP contribution < -0.4 is 5.73 Å². The number of nitrogens with zero attached hydrogens (tertiary/aromatic N) is 2. The van der Waals surface area contributed by atoms with Crippen LogP contribution in [0.4, 0.5) is 15.2 Å². The van der Waals surface area contributed by atoms with Crippen molar-refractivity contribution in [2.75, 3.05) is 5.73 Å². The fourth-order valence-electron chi connectivity index (χ4n) is 3.10. The molecule has 5 nitrogen and oxygen atoms in total. The summed E-state index contributed by atoms with van der Waals surface area (Å²) in [6.07, 6.45) is 0.283. The molecule has 4 aromatic rings. The van der Waals surface area contributed by atoms with E-state index in [-0.39, 0.29) is 12.1 Å². The Labute approximate surface area is 168 Å². The Hall–Kier alpha value is -3.03. The van der Waals surface area contributed by atoms with Crippen molar-refractivity contribution in [1.82, 2.24) is 4.98 Å². The third-order valence-corrected chi connectivity index (χ3v) is 5.44. The van der Waals surface area contributed by atoms with Gasteiger partial charge in [0, 0.05) is 29.1 Å². The molecule has 4 rings (SSSR count). The molecule has 0 saturated carbocycles. The maximum Gasteiger partial charge on any atom is 0.269 e. The molecule has 2 N–H and O–H groups in total. The fourth-order valence-corrected chi connectivity index (χ4v) is 4.10. The average Bonchev–Trinajstić information content (AvgIpc) is 3.02. The van der Waals surface area contributed by atoms with Gasteiger partial charge in [-0.1, -0.05) is 47.2 Å². The second-order valence-corrected chi connectivity index (χ2v) is 7.73. The number of halogens is 2. The van der Waals surface area contributed by atoms with Crippen molar-refractivity contribution in [2.24, 2.45) is 0 Å². The number of hydrogen-bond acceptors (Lipinski definition) is 5. The first-order chi connectivity index (χ1) is 13.4. The topological polar surface area (TPSA) is 82.0 Å². The molecule has 0 aliphatic carbocycles. The maximum atomic E-state index is 15.5. The van der Waals surface area contributed by atoms with Crippen LogP contribution in [0.3, 0.4) is 0 Å². The normalized spacial score (nSPS) is 11.1. The summed E-state index contributed by atoms with van der Waals surface area (Å²) in [5.41, 5.74) is 8.54. The fraction of sp³-hybridized carbons (Fsp3) is 0.0500. The van der Waals surface area contributed by atoms with Crippen molar-refractivity contribution in [3.8, 4) is 11.1 Å². The van der Waals surface area contributed by atoms with E-state index in [0.29, 0.717) is 32.4 Å². The van der Waals surface area contributed by atoms with Gasteiger partial charge < -0.3 is 5.73 Å². The van der Waals surface area contributed by atoms with Crippen molar-refractivity contribution in [3.05, 3.63) is 86.7 Å². The van der Waals surface area contributed by atoms with E-state index >= 15 is 4.39 Å². The molecule has 0 radical (unpaired) electrons. The number of anilines is 1. The van der Waals surface area contributed by atoms with Crippen molar-refractivity contribution >= 4 is 44.0 Å². The van der Waals surface area contributed by atoms with Crippen LogP contribution in [-0.4, -0.2) is 9.91 Å². The largest absolute Gasteiger partial charge is 0.375 e. The molecule has 28 heavy (non-hydrogen) atoms. The number of rotatable bonds is 4. The zero-order valence-corrected chi connectivity index (χ0v) is 15.9. The lowest BCUT2D eigenvalue weighted by Crippen LogP contribution is -1.97. The van der Waals surface area contributed by atoms with Gasteiger partial charge >= 0.3 is 0 Å². The summed E-state index contributed by atoms with van der Waals surface area (Å²) >= 11 is 7.38. The summed E-state index contributed by atoms with van der Waals surface area (Å²) in [7, 11) is 0. The molecule has 140 valence electrons. The molecule has 0 bridgehead atoms. The van der Waals surface area contributed by atoms with E-state index in [1.54, 1.807) is 42.5 Å². The molecule has 3 aromatic carbocycles. The Balaban J connectivity index is 1.85. The molecular formula is C20H13ClFN3O2S. The first kappa shape index (κ1) is 18.3. The van der Waals surface area contributed by atoms with Crippen LogP contribution in [0.5, 0.6) is 0 Å². The summed E-state index contributed by atoms with van der Waals surface area (Å²) in [5.74, 6) is -0.404. The third-order valence-electron chi connectivity index (χ3n) is 4.37. The Kier molecular flexibility index (Phi) is 4.70. The Morgan fingerprint density at radius 2 is 1.93 bits per heavy atom. The van der Waals surface area contributed by atoms with Gasteiger partial charge in [0.05, 0.1) is 15.1 Å². The van der Waals surface area contributed by atoms with Crippen LogP contribution in [0.15, 0.2) is 54.6 Å². The number of nitro benzene ring substituents is 1. The van der Waals surface area contributed by atoms with E-state index in [4.69, 9.17) is 17.3 Å². The zero-order chi connectivity index (χ0) is 19.8. The van der Waals surface area contributed by atoms with Crippen molar-refractivity contribution in [2.45, 2.75) is 6.42 Å². The van der Waals surface area contributed by atoms with Gasteiger partial charge in [0.15, 0.2) is 5.13 Å². The molecule has 0 atom stereocenters. The predicted molar refractivity (Wildman–Crippen MR) is 110 cm³/mol. The standard InChI is InChI=1S/C20H13ClFN3O2S/c21-14-3-1-2-12(9-14)17-18(22)13(10-16-19(17)24-20(23)28-16)8-11-4-6-15(7-5-11)25(26)27/h1-7,9-10H,8H2,(H2,23,24). The minimum Gasteiger partial charge on any atom is -0.375 e. The number of non-ortho nitro benzene ring substituents is 1. The number of hydrogen-bond donors (Lipinski definition) is 1. The van der Waals surface area contributed by atoms with Gasteiger partial charge in [-0.05, 0) is 34.9 Å². The van der Waals surface area contributed by atoms with Crippen LogP contribution >= 0.6 is 22.9 Å². The molecule has 0 aliphatic heterocycles. The van der Waals surface area contributed by atoms with E-state index < -0.39 is 10.7 Å². The summed E-state index contributed by atoms with van der Waals surface area (Å²) in [4.78, 5) is 14.7. The summed E-state index contributed by atoms with van der Waals surface area (Å²) in [6, 6.07) is 14.7. The van der Waals surface area contributed by atoms with Crippen LogP contribution in [-0.2, 0) is 6.42 Å². The van der Waals surface area contributed by atoms with Gasteiger partial charge in [-0.3, -0.25) is 10.1 Å². The summed E-state index contributed by atoms with van der Waals surface area (Å²) in [6.45, 7) is 0. The van der Waals surface area contributed by atoms with E-state index in [0.717, 1.165) is 10.3 Å². The highest BCUT2D eigenvalue weighted by atomic mass is 35.5. The highest BCUT2D eigenvalue weighted by Crippen LogP contribution is 2.38. The smallest absolute Gasteiger partial charge is 0.269 e. The molecule has 8 heteroatoms. The molecule has 1 heterocycles. The highest BCUT2D eigenvalue weighted by Gasteiger charge is 2.19. The van der Waals surface area contributed by atoms with Gasteiger partial charge in [-0.25, -0.2) is 9.37 Å². The summed E-state index contributed by atoms with van der Waals surface area (Å²) in [5, 5.41) is 11.7. The molecule has 0 amide bonds. The molecular weight excluding hydrogens is 401 g/mol. The van der Waals surface area contributed by atoms with Crippen LogP contribution in [0.25, 0.3) is 21.3 Å². The molecule has 0 fully saturated rings. The first-order valence-electron chi connectivity index (χ1n) is 8.29. The molecule has 1 aromatic heterocycles. The van der Waals surface area contributed by atoms with E-state index in [1.165, 1.54) is 23.5 Å². The first-order valence-corrected chi connectivity index (χ1v) is 9.48. The number of nitrogen functional groups attached to an aromatic ring is 1. The third kappa shape index (κ3) is 3.42. The maximum absolute atomic E-state index is 15.5. The number of thiazole rings is 1. The van der Waals surface area contributed by atoms with Crippen LogP contribution in [0, 0.1) is 15.9 Å². The van der Waals surface area contributed by atoms with E-state index in [2.05, 4.69) is 4.98 Å². The second kappa shape index (κ2) is 7.18. The van der Waals surface area contributed by atoms with E-state index in [9.17, 15) is 10.1 Å². The van der Waals surface area contributed by atoms with Gasteiger partial charge in [0.25, 0.3) is 5.69 Å². The molecule has 0 unspecified atom stereocenters. The highest BCUT2D eigenvalue weighted by molar-refractivity contribution is 7.22. The van der Waals surface area contributed by atoms with Gasteiger partial charge in [0.1, 0.15) is 5.82 Å². The Morgan fingerprint density at radius 1 is 1.18 bits per heavy atom. The number of aromatic nitrogens is 1. The lowest BCUT2D eigenvalue weighted by atomic mass is 9.97. The lowest BCUT2D eigenvalue weighted by molar-refractivity contribution is -0.384. The number of benzene rings is 3. The van der Waals surface area contributed by atoms with E-state index in [1.807, 2.05) is 0 Å². The second-order valence-electron chi connectivity index (χ2n) is 6.23. The molecule has 0 aliphatic rings. The zero-order valence-electron chi connectivity index (χ0n) is 14.4. The number of fused-ring (bicyclic) bond motifs is 1. The van der Waals surface area contributed by atoms with Gasteiger partial charge in [-0.2, -0.15) is 0 Å². The molecule has 0 spiro atoms. The Morgan fingerprint density at radius 3 is 2.61 bits per heavy atom. The minimum absolute atomic E-state index is 0.00507. The SMILES string of the molecule is Nc1nc2c(-c3cccc(Cl)c3)c(F)c(Cc3ccc([N+](=O)[O-])cc3)cc2s1. The predicted octanol–water partition coefficient (Wildman–Crippen LogP) is 5.84. The van der Waals surface area contributed by atoms with Crippen molar-refractivity contribution in [1.29, 1.82) is 0 Å². The summed E-state index contributed by atoms with van der Waals surface area (Å²) < 4.78 is 16.3. The minimum atomic E-state index is -0.465. The average molecular weight is 414 g/mol.